The Hall–Kier alpha value is -6.77. The van der Waals surface area contributed by atoms with Crippen LogP contribution in [0.4, 0.5) is 0 Å². The van der Waals surface area contributed by atoms with E-state index >= 15 is 0 Å². The molecule has 0 saturated carbocycles. The van der Waals surface area contributed by atoms with Gasteiger partial charge >= 0.3 is 0 Å². The number of aromatic nitrogens is 2. The average molecular weight is 673 g/mol. The highest BCUT2D eigenvalue weighted by molar-refractivity contribution is 6.37. The molecule has 0 spiro atoms. The third-order valence-electron chi connectivity index (χ3n) is 11.8. The lowest BCUT2D eigenvalue weighted by atomic mass is 9.85. The van der Waals surface area contributed by atoms with Gasteiger partial charge in [-0.3, -0.25) is 4.57 Å². The zero-order valence-corrected chi connectivity index (χ0v) is 29.2. The normalized spacial score (nSPS) is 12.3. The second-order valence-electron chi connectivity index (χ2n) is 14.5. The number of imidazole rings is 1. The average Bonchev–Trinajstić information content (AvgIpc) is 3.59. The molecule has 0 aliphatic rings. The predicted molar refractivity (Wildman–Crippen MR) is 227 cm³/mol. The quantitative estimate of drug-likeness (QED) is 0.135. The van der Waals surface area contributed by atoms with Crippen LogP contribution in [0.2, 0.25) is 0 Å². The van der Waals surface area contributed by atoms with Crippen LogP contribution < -0.4 is 0 Å². The van der Waals surface area contributed by atoms with Crippen LogP contribution in [0.25, 0.3) is 114 Å². The molecule has 0 bridgehead atoms. The summed E-state index contributed by atoms with van der Waals surface area (Å²) in [6.07, 6.45) is 0.838. The first-order valence-corrected chi connectivity index (χ1v) is 18.6. The summed E-state index contributed by atoms with van der Waals surface area (Å²) < 4.78 is 2.41. The van der Waals surface area contributed by atoms with Gasteiger partial charge in [-0.2, -0.15) is 0 Å². The maximum Gasteiger partial charge on any atom is 0.114 e. The molecule has 0 radical (unpaired) electrons. The van der Waals surface area contributed by atoms with Gasteiger partial charge in [0.2, 0.25) is 0 Å². The van der Waals surface area contributed by atoms with Gasteiger partial charge in [0.15, 0.2) is 0 Å². The summed E-state index contributed by atoms with van der Waals surface area (Å²) in [5, 5.41) is 20.5. The fourth-order valence-corrected chi connectivity index (χ4v) is 9.65. The number of hydrogen-bond donors (Lipinski definition) is 0. The van der Waals surface area contributed by atoms with Crippen molar-refractivity contribution in [1.82, 2.24) is 9.55 Å². The Morgan fingerprint density at radius 2 is 0.887 bits per heavy atom. The molecule has 53 heavy (non-hydrogen) atoms. The molecular weight excluding hydrogens is 641 g/mol. The van der Waals surface area contributed by atoms with E-state index in [1.807, 2.05) is 0 Å². The van der Waals surface area contributed by atoms with Gasteiger partial charge in [0.1, 0.15) is 5.82 Å². The summed E-state index contributed by atoms with van der Waals surface area (Å²) in [5.41, 5.74) is 5.86. The van der Waals surface area contributed by atoms with Crippen molar-refractivity contribution in [3.63, 3.8) is 0 Å². The Bertz CT molecular complexity index is 3430. The van der Waals surface area contributed by atoms with Crippen LogP contribution in [0.5, 0.6) is 0 Å². The minimum atomic E-state index is 0.838. The Morgan fingerprint density at radius 3 is 1.47 bits per heavy atom. The zero-order valence-electron chi connectivity index (χ0n) is 29.2. The van der Waals surface area contributed by atoms with Crippen molar-refractivity contribution in [1.29, 1.82) is 0 Å². The van der Waals surface area contributed by atoms with Gasteiger partial charge in [-0.05, 0) is 111 Å². The molecule has 0 fully saturated rings. The predicted octanol–water partition coefficient (Wildman–Crippen LogP) is 13.9. The molecule has 0 aliphatic heterocycles. The van der Waals surface area contributed by atoms with Crippen molar-refractivity contribution >= 4 is 97.2 Å². The summed E-state index contributed by atoms with van der Waals surface area (Å²) >= 11 is 0. The van der Waals surface area contributed by atoms with Gasteiger partial charge in [0.25, 0.3) is 0 Å². The van der Waals surface area contributed by atoms with E-state index < -0.39 is 0 Å². The molecule has 12 rings (SSSR count). The second kappa shape index (κ2) is 10.6. The molecule has 12 aromatic rings. The fourth-order valence-electron chi connectivity index (χ4n) is 9.65. The minimum Gasteiger partial charge on any atom is -0.295 e. The molecule has 0 aliphatic carbocycles. The summed E-state index contributed by atoms with van der Waals surface area (Å²) in [4.78, 5) is 5.12. The molecular formula is C51H32N2. The highest BCUT2D eigenvalue weighted by Gasteiger charge is 2.22. The molecule has 2 nitrogen and oxygen atoms in total. The molecule has 0 N–H and O–H groups in total. The van der Waals surface area contributed by atoms with Gasteiger partial charge in [-0.1, -0.05) is 146 Å². The number of hydrogen-bond acceptors (Lipinski definition) is 1. The lowest BCUT2D eigenvalue weighted by Crippen LogP contribution is -2.03. The Labute approximate surface area is 305 Å². The summed E-state index contributed by atoms with van der Waals surface area (Å²) in [7, 11) is 0. The monoisotopic (exact) mass is 672 g/mol. The van der Waals surface area contributed by atoms with Crippen molar-refractivity contribution in [3.05, 3.63) is 170 Å². The first-order valence-electron chi connectivity index (χ1n) is 18.6. The Balaban J connectivity index is 1.30. The van der Waals surface area contributed by atoms with Crippen LogP contribution in [0.3, 0.4) is 0 Å². The number of aryl methyl sites for hydroxylation is 1. The van der Waals surface area contributed by atoms with Gasteiger partial charge in [-0.15, -0.1) is 0 Å². The van der Waals surface area contributed by atoms with Crippen molar-refractivity contribution < 1.29 is 0 Å². The molecule has 0 unspecified atom stereocenters. The lowest BCUT2D eigenvalue weighted by molar-refractivity contribution is 0.917. The first kappa shape index (κ1) is 28.9. The standard InChI is InChI=1S/C51H32N2/c1-2-45-52-43-22-7-8-23-44(43)53(45)51-40-17-5-3-15-37(40)46(38-16-4-6-18-41(38)51)34-28-33-27-26-32-13-10-20-36-35-19-9-12-30-24-25-31-14-11-21-39(49(31)47(30)35)42(29-34)50(33)48(32)36/h3-29H,2H2,1H3. The fraction of sp³-hybridized carbons (Fsp3) is 0.0392. The highest BCUT2D eigenvalue weighted by atomic mass is 15.1. The van der Waals surface area contributed by atoms with Crippen molar-refractivity contribution in [3.8, 4) is 16.8 Å². The van der Waals surface area contributed by atoms with E-state index in [0.29, 0.717) is 0 Å². The van der Waals surface area contributed by atoms with Crippen molar-refractivity contribution in [2.75, 3.05) is 0 Å². The minimum absolute atomic E-state index is 0.838. The smallest absolute Gasteiger partial charge is 0.114 e. The van der Waals surface area contributed by atoms with Crippen LogP contribution in [0.15, 0.2) is 164 Å². The van der Waals surface area contributed by atoms with E-state index in [0.717, 1.165) is 23.3 Å². The summed E-state index contributed by atoms with van der Waals surface area (Å²) in [6, 6.07) is 61.2. The van der Waals surface area contributed by atoms with Gasteiger partial charge in [0, 0.05) is 17.2 Å². The van der Waals surface area contributed by atoms with E-state index in [1.165, 1.54) is 103 Å². The third-order valence-corrected chi connectivity index (χ3v) is 11.8. The molecule has 2 heteroatoms. The van der Waals surface area contributed by atoms with Crippen LogP contribution in [0, 0.1) is 0 Å². The number of para-hydroxylation sites is 2. The molecule has 0 atom stereocenters. The SMILES string of the molecule is CCc1nc2ccccc2n1-c1c2ccccc2c(-c2cc3ccc4cccc5c6cccc7ccc8cccc(c(c2)c3c45)c8c76)c2ccccc12. The molecule has 0 amide bonds. The topological polar surface area (TPSA) is 17.8 Å². The van der Waals surface area contributed by atoms with Crippen molar-refractivity contribution in [2.45, 2.75) is 13.3 Å². The maximum atomic E-state index is 5.12. The second-order valence-corrected chi connectivity index (χ2v) is 14.5. The zero-order chi connectivity index (χ0) is 34.8. The lowest BCUT2D eigenvalue weighted by Gasteiger charge is -2.21. The number of benzene rings is 10. The van der Waals surface area contributed by atoms with Crippen LogP contribution >= 0.6 is 0 Å². The van der Waals surface area contributed by atoms with E-state index in [-0.39, 0.29) is 0 Å². The van der Waals surface area contributed by atoms with E-state index in [2.05, 4.69) is 175 Å². The third kappa shape index (κ3) is 3.85. The van der Waals surface area contributed by atoms with Gasteiger partial charge in [-0.25, -0.2) is 4.98 Å². The Morgan fingerprint density at radius 1 is 0.415 bits per heavy atom. The van der Waals surface area contributed by atoms with Crippen LogP contribution in [0.1, 0.15) is 12.7 Å². The molecule has 11 aromatic carbocycles. The van der Waals surface area contributed by atoms with E-state index in [4.69, 9.17) is 4.98 Å². The number of fused-ring (bicyclic) bond motifs is 5. The molecule has 0 saturated heterocycles. The number of nitrogens with zero attached hydrogens (tertiary/aromatic N) is 2. The molecule has 1 heterocycles. The first-order chi connectivity index (χ1) is 26.3. The van der Waals surface area contributed by atoms with Crippen LogP contribution in [-0.2, 0) is 6.42 Å². The molecule has 1 aromatic heterocycles. The number of rotatable bonds is 3. The van der Waals surface area contributed by atoms with E-state index in [9.17, 15) is 0 Å². The highest BCUT2D eigenvalue weighted by Crippen LogP contribution is 2.47. The molecule has 246 valence electrons. The van der Waals surface area contributed by atoms with Crippen LogP contribution in [-0.4, -0.2) is 9.55 Å². The largest absolute Gasteiger partial charge is 0.295 e. The summed E-state index contributed by atoms with van der Waals surface area (Å²) in [6.45, 7) is 2.20. The van der Waals surface area contributed by atoms with Gasteiger partial charge < -0.3 is 0 Å². The van der Waals surface area contributed by atoms with Crippen molar-refractivity contribution in [2.24, 2.45) is 0 Å². The van der Waals surface area contributed by atoms with E-state index in [1.54, 1.807) is 0 Å². The maximum absolute atomic E-state index is 5.12. The van der Waals surface area contributed by atoms with Gasteiger partial charge in [0.05, 0.1) is 16.7 Å². The summed E-state index contributed by atoms with van der Waals surface area (Å²) in [5.74, 6) is 1.07. The Kier molecular flexibility index (Phi) is 5.79.